The smallest absolute Gasteiger partial charge is 0.335 e. The summed E-state index contributed by atoms with van der Waals surface area (Å²) in [7, 11) is 0. The quantitative estimate of drug-likeness (QED) is 0.798. The van der Waals surface area contributed by atoms with Gasteiger partial charge in [-0.1, -0.05) is 18.2 Å². The molecular weight excluding hydrogens is 294 g/mol. The summed E-state index contributed by atoms with van der Waals surface area (Å²) in [5.74, 6) is -1.07. The molecule has 3 aromatic rings. The number of aromatic carboxylic acids is 1. The van der Waals surface area contributed by atoms with Crippen molar-refractivity contribution in [2.24, 2.45) is 0 Å². The average molecular weight is 305 g/mol. The fraction of sp³-hybridized carbons (Fsp3) is 0.0588. The molecule has 0 saturated heterocycles. The zero-order valence-electron chi connectivity index (χ0n) is 11.9. The van der Waals surface area contributed by atoms with Crippen LogP contribution < -0.4 is 5.56 Å². The molecule has 0 unspecified atom stereocenters. The first-order valence-electron chi connectivity index (χ1n) is 6.80. The fourth-order valence-corrected chi connectivity index (χ4v) is 2.35. The van der Waals surface area contributed by atoms with E-state index < -0.39 is 5.97 Å². The Kier molecular flexibility index (Phi) is 3.61. The predicted molar refractivity (Wildman–Crippen MR) is 83.2 cm³/mol. The van der Waals surface area contributed by atoms with Gasteiger partial charge in [-0.2, -0.15) is 5.26 Å². The molecule has 6 heteroatoms. The number of nitrogens with zero attached hydrogens (tertiary/aromatic N) is 3. The second-order valence-electron chi connectivity index (χ2n) is 4.98. The van der Waals surface area contributed by atoms with Crippen molar-refractivity contribution in [3.05, 3.63) is 75.8 Å². The molecular formula is C17H11N3O3. The van der Waals surface area contributed by atoms with Gasteiger partial charge in [-0.25, -0.2) is 9.78 Å². The van der Waals surface area contributed by atoms with E-state index in [9.17, 15) is 9.59 Å². The number of aromatic nitrogens is 2. The van der Waals surface area contributed by atoms with Crippen LogP contribution in [0.25, 0.3) is 10.9 Å². The Morgan fingerprint density at radius 2 is 2.04 bits per heavy atom. The highest BCUT2D eigenvalue weighted by atomic mass is 16.4. The number of carboxylic acid groups (broad SMARTS) is 1. The molecule has 0 radical (unpaired) electrons. The molecule has 0 aliphatic carbocycles. The van der Waals surface area contributed by atoms with Gasteiger partial charge in [0.2, 0.25) is 0 Å². The van der Waals surface area contributed by atoms with Crippen molar-refractivity contribution >= 4 is 16.9 Å². The molecule has 3 rings (SSSR count). The van der Waals surface area contributed by atoms with E-state index in [0.717, 1.165) is 5.56 Å². The number of rotatable bonds is 3. The highest BCUT2D eigenvalue weighted by molar-refractivity contribution is 5.92. The molecule has 0 amide bonds. The van der Waals surface area contributed by atoms with Gasteiger partial charge in [-0.05, 0) is 29.8 Å². The Balaban J connectivity index is 2.08. The van der Waals surface area contributed by atoms with Crippen molar-refractivity contribution in [3.63, 3.8) is 0 Å². The summed E-state index contributed by atoms with van der Waals surface area (Å²) in [6.07, 6.45) is 1.37. The third-order valence-corrected chi connectivity index (χ3v) is 3.55. The van der Waals surface area contributed by atoms with Crippen LogP contribution in [-0.2, 0) is 6.54 Å². The fourth-order valence-electron chi connectivity index (χ4n) is 2.35. The Morgan fingerprint density at radius 1 is 1.26 bits per heavy atom. The molecule has 0 bridgehead atoms. The number of hydrogen-bond acceptors (Lipinski definition) is 4. The minimum atomic E-state index is -1.07. The van der Waals surface area contributed by atoms with Crippen LogP contribution in [0.2, 0.25) is 0 Å². The summed E-state index contributed by atoms with van der Waals surface area (Å²) < 4.78 is 1.40. The monoisotopic (exact) mass is 305 g/mol. The normalized spacial score (nSPS) is 10.4. The van der Waals surface area contributed by atoms with E-state index >= 15 is 0 Å². The molecule has 0 atom stereocenters. The highest BCUT2D eigenvalue weighted by Crippen LogP contribution is 2.12. The first-order chi connectivity index (χ1) is 11.1. The van der Waals surface area contributed by atoms with Gasteiger partial charge >= 0.3 is 5.97 Å². The SMILES string of the molecule is N#Cc1ccccc1Cn1cnc2cc(C(=O)O)ccc2c1=O. The molecule has 0 spiro atoms. The maximum Gasteiger partial charge on any atom is 0.335 e. The van der Waals surface area contributed by atoms with Gasteiger partial charge < -0.3 is 5.11 Å². The van der Waals surface area contributed by atoms with Gasteiger partial charge in [0, 0.05) is 0 Å². The molecule has 0 saturated carbocycles. The lowest BCUT2D eigenvalue weighted by Crippen LogP contribution is -2.21. The third-order valence-electron chi connectivity index (χ3n) is 3.55. The summed E-state index contributed by atoms with van der Waals surface area (Å²) in [5.41, 5.74) is 1.36. The standard InChI is InChI=1S/C17H11N3O3/c18-8-12-3-1-2-4-13(12)9-20-10-19-15-7-11(17(22)23)5-6-14(15)16(20)21/h1-7,10H,9H2,(H,22,23). The van der Waals surface area contributed by atoms with E-state index in [-0.39, 0.29) is 17.7 Å². The number of nitriles is 1. The lowest BCUT2D eigenvalue weighted by atomic mass is 10.1. The topological polar surface area (TPSA) is 96.0 Å². The second kappa shape index (κ2) is 5.73. The lowest BCUT2D eigenvalue weighted by molar-refractivity contribution is 0.0697. The van der Waals surface area contributed by atoms with Crippen LogP contribution in [0.5, 0.6) is 0 Å². The van der Waals surface area contributed by atoms with Gasteiger partial charge in [0.1, 0.15) is 0 Å². The number of fused-ring (bicyclic) bond motifs is 1. The first kappa shape index (κ1) is 14.5. The molecule has 0 fully saturated rings. The average Bonchev–Trinajstić information content (AvgIpc) is 2.57. The van der Waals surface area contributed by atoms with Crippen molar-refractivity contribution in [2.75, 3.05) is 0 Å². The highest BCUT2D eigenvalue weighted by Gasteiger charge is 2.10. The van der Waals surface area contributed by atoms with Crippen LogP contribution in [0.3, 0.4) is 0 Å². The number of carboxylic acids is 1. The van der Waals surface area contributed by atoms with E-state index in [1.165, 1.54) is 29.1 Å². The van der Waals surface area contributed by atoms with Gasteiger partial charge in [-0.15, -0.1) is 0 Å². The van der Waals surface area contributed by atoms with E-state index in [1.54, 1.807) is 24.3 Å². The van der Waals surface area contributed by atoms with Crippen molar-refractivity contribution in [1.82, 2.24) is 9.55 Å². The Morgan fingerprint density at radius 3 is 2.78 bits per heavy atom. The summed E-state index contributed by atoms with van der Waals surface area (Å²) in [6, 6.07) is 13.3. The molecule has 2 aromatic carbocycles. The van der Waals surface area contributed by atoms with Crippen LogP contribution in [0.15, 0.2) is 53.6 Å². The first-order valence-corrected chi connectivity index (χ1v) is 6.80. The van der Waals surface area contributed by atoms with Gasteiger partial charge in [0.25, 0.3) is 5.56 Å². The molecule has 1 aromatic heterocycles. The van der Waals surface area contributed by atoms with Crippen LogP contribution in [0.1, 0.15) is 21.5 Å². The number of hydrogen-bond donors (Lipinski definition) is 1. The predicted octanol–water partition coefficient (Wildman–Crippen LogP) is 2.01. The maximum atomic E-state index is 12.5. The Labute approximate surface area is 130 Å². The summed E-state index contributed by atoms with van der Waals surface area (Å²) in [5, 5.41) is 18.4. The molecule has 23 heavy (non-hydrogen) atoms. The maximum absolute atomic E-state index is 12.5. The molecule has 1 heterocycles. The third kappa shape index (κ3) is 2.68. The summed E-state index contributed by atoms with van der Waals surface area (Å²) in [4.78, 5) is 27.6. The van der Waals surface area contributed by atoms with Crippen LogP contribution in [-0.4, -0.2) is 20.6 Å². The number of benzene rings is 2. The Bertz CT molecular complexity index is 1020. The van der Waals surface area contributed by atoms with Crippen molar-refractivity contribution in [2.45, 2.75) is 6.54 Å². The summed E-state index contributed by atoms with van der Waals surface area (Å²) in [6.45, 7) is 0.228. The second-order valence-corrected chi connectivity index (χ2v) is 4.98. The minimum absolute atomic E-state index is 0.0805. The van der Waals surface area contributed by atoms with Crippen molar-refractivity contribution in [3.8, 4) is 6.07 Å². The van der Waals surface area contributed by atoms with Gasteiger partial charge in [0.05, 0.1) is 41.0 Å². The molecule has 0 aliphatic heterocycles. The van der Waals surface area contributed by atoms with E-state index in [1.807, 2.05) is 0 Å². The largest absolute Gasteiger partial charge is 0.478 e. The van der Waals surface area contributed by atoms with Crippen LogP contribution in [0.4, 0.5) is 0 Å². The van der Waals surface area contributed by atoms with Gasteiger partial charge in [0.15, 0.2) is 0 Å². The molecule has 0 aliphatic rings. The lowest BCUT2D eigenvalue weighted by Gasteiger charge is -2.08. The number of carbonyl (C=O) groups is 1. The minimum Gasteiger partial charge on any atom is -0.478 e. The zero-order chi connectivity index (χ0) is 16.4. The van der Waals surface area contributed by atoms with Gasteiger partial charge in [-0.3, -0.25) is 9.36 Å². The van der Waals surface area contributed by atoms with E-state index in [2.05, 4.69) is 11.1 Å². The summed E-state index contributed by atoms with van der Waals surface area (Å²) >= 11 is 0. The van der Waals surface area contributed by atoms with E-state index in [4.69, 9.17) is 10.4 Å². The molecule has 6 nitrogen and oxygen atoms in total. The zero-order valence-corrected chi connectivity index (χ0v) is 11.9. The van der Waals surface area contributed by atoms with Crippen LogP contribution in [0, 0.1) is 11.3 Å². The van der Waals surface area contributed by atoms with Crippen LogP contribution >= 0.6 is 0 Å². The Hall–Kier alpha value is -3.46. The molecule has 1 N–H and O–H groups in total. The van der Waals surface area contributed by atoms with Crippen molar-refractivity contribution < 1.29 is 9.90 Å². The molecule has 112 valence electrons. The van der Waals surface area contributed by atoms with Crippen molar-refractivity contribution in [1.29, 1.82) is 5.26 Å². The van der Waals surface area contributed by atoms with E-state index in [0.29, 0.717) is 16.5 Å².